The fourth-order valence-electron chi connectivity index (χ4n) is 3.25. The van der Waals surface area contributed by atoms with Crippen molar-refractivity contribution in [2.45, 2.75) is 13.8 Å². The Morgan fingerprint density at radius 2 is 1.90 bits per heavy atom. The predicted molar refractivity (Wildman–Crippen MR) is 114 cm³/mol. The van der Waals surface area contributed by atoms with Crippen LogP contribution in [-0.2, 0) is 0 Å². The van der Waals surface area contributed by atoms with E-state index in [9.17, 15) is 9.59 Å². The highest BCUT2D eigenvalue weighted by Gasteiger charge is 2.26. The third-order valence-corrected chi connectivity index (χ3v) is 5.33. The summed E-state index contributed by atoms with van der Waals surface area (Å²) in [5, 5.41) is 7.25. The summed E-state index contributed by atoms with van der Waals surface area (Å²) in [4.78, 5) is 26.2. The summed E-state index contributed by atoms with van der Waals surface area (Å²) in [6.45, 7) is 3.34. The Morgan fingerprint density at radius 3 is 2.57 bits per heavy atom. The third kappa shape index (κ3) is 3.39. The molecule has 1 N–H and O–H groups in total. The molecule has 8 heteroatoms. The number of anilines is 1. The van der Waals surface area contributed by atoms with Crippen LogP contribution in [0.1, 0.15) is 37.9 Å². The topological polar surface area (TPSA) is 94.6 Å². The van der Waals surface area contributed by atoms with Gasteiger partial charge in [0.15, 0.2) is 5.76 Å². The van der Waals surface area contributed by atoms with Crippen molar-refractivity contribution in [1.29, 1.82) is 0 Å². The molecule has 30 heavy (non-hydrogen) atoms. The third-order valence-electron chi connectivity index (χ3n) is 4.71. The molecular formula is C22H17BrN2O5. The molecule has 0 spiro atoms. The Morgan fingerprint density at radius 1 is 1.13 bits per heavy atom. The lowest BCUT2D eigenvalue weighted by Crippen LogP contribution is -2.15. The van der Waals surface area contributed by atoms with Gasteiger partial charge in [0.2, 0.25) is 5.78 Å². The molecule has 0 aliphatic carbocycles. The lowest BCUT2D eigenvalue weighted by molar-refractivity contribution is 0.101. The minimum absolute atomic E-state index is 0.0355. The second-order valence-electron chi connectivity index (χ2n) is 6.63. The van der Waals surface area contributed by atoms with Crippen LogP contribution in [0.25, 0.3) is 11.0 Å². The van der Waals surface area contributed by atoms with Crippen molar-refractivity contribution in [2.24, 2.45) is 0 Å². The largest absolute Gasteiger partial charge is 0.496 e. The minimum Gasteiger partial charge on any atom is -0.496 e. The molecule has 0 aliphatic rings. The summed E-state index contributed by atoms with van der Waals surface area (Å²) >= 11 is 3.39. The van der Waals surface area contributed by atoms with E-state index in [4.69, 9.17) is 13.7 Å². The number of ether oxygens (including phenoxy) is 1. The van der Waals surface area contributed by atoms with Crippen molar-refractivity contribution in [1.82, 2.24) is 5.16 Å². The van der Waals surface area contributed by atoms with Crippen LogP contribution in [0.4, 0.5) is 5.69 Å². The maximum Gasteiger partial charge on any atom is 0.261 e. The molecular weight excluding hydrogens is 452 g/mol. The van der Waals surface area contributed by atoms with Crippen molar-refractivity contribution in [2.75, 3.05) is 12.4 Å². The normalized spacial score (nSPS) is 10.9. The molecule has 0 aliphatic heterocycles. The van der Waals surface area contributed by atoms with Crippen molar-refractivity contribution in [3.63, 3.8) is 0 Å². The molecule has 0 fully saturated rings. The van der Waals surface area contributed by atoms with E-state index in [1.807, 2.05) is 6.07 Å². The van der Waals surface area contributed by atoms with Gasteiger partial charge in [-0.25, -0.2) is 0 Å². The van der Waals surface area contributed by atoms with Gasteiger partial charge in [0.05, 0.1) is 23.0 Å². The molecule has 7 nitrogen and oxygen atoms in total. The van der Waals surface area contributed by atoms with E-state index in [2.05, 4.69) is 26.4 Å². The number of hydrogen-bond donors (Lipinski definition) is 1. The highest BCUT2D eigenvalue weighted by atomic mass is 79.9. The summed E-state index contributed by atoms with van der Waals surface area (Å²) in [7, 11) is 1.54. The quantitative estimate of drug-likeness (QED) is 0.399. The Hall–Kier alpha value is -3.39. The van der Waals surface area contributed by atoms with Gasteiger partial charge in [-0.3, -0.25) is 9.59 Å². The standard InChI is InChI=1S/C22H17BrN2O5/c1-11-18(12(2)30-25-11)22(27)24-19-14-6-4-5-7-16(14)29-21(19)20(26)13-8-9-17(28-3)15(23)10-13/h4-10H,1-3H3,(H,24,27). The molecule has 0 bridgehead atoms. The number of rotatable bonds is 5. The number of halogens is 1. The number of carbonyl (C=O) groups excluding carboxylic acids is 2. The molecule has 4 aromatic rings. The molecule has 0 atom stereocenters. The van der Waals surface area contributed by atoms with Gasteiger partial charge >= 0.3 is 0 Å². The Bertz CT molecular complexity index is 1270. The van der Waals surface area contributed by atoms with Gasteiger partial charge in [-0.2, -0.15) is 0 Å². The number of benzene rings is 2. The molecule has 152 valence electrons. The van der Waals surface area contributed by atoms with E-state index in [0.717, 1.165) is 0 Å². The average molecular weight is 469 g/mol. The van der Waals surface area contributed by atoms with Gasteiger partial charge in [-0.15, -0.1) is 0 Å². The fraction of sp³-hybridized carbons (Fsp3) is 0.136. The smallest absolute Gasteiger partial charge is 0.261 e. The Kier molecular flexibility index (Phi) is 5.17. The van der Waals surface area contributed by atoms with E-state index in [-0.39, 0.29) is 11.5 Å². The fourth-order valence-corrected chi connectivity index (χ4v) is 3.79. The van der Waals surface area contributed by atoms with Crippen LogP contribution in [0.2, 0.25) is 0 Å². The first-order valence-electron chi connectivity index (χ1n) is 9.04. The summed E-state index contributed by atoms with van der Waals surface area (Å²) in [6.07, 6.45) is 0. The van der Waals surface area contributed by atoms with Crippen LogP contribution in [-0.4, -0.2) is 24.0 Å². The second-order valence-corrected chi connectivity index (χ2v) is 7.49. The number of methoxy groups -OCH3 is 1. The van der Waals surface area contributed by atoms with E-state index in [0.29, 0.717) is 49.5 Å². The average Bonchev–Trinajstić information content (AvgIpc) is 3.27. The van der Waals surface area contributed by atoms with Gasteiger partial charge < -0.3 is 19.0 Å². The summed E-state index contributed by atoms with van der Waals surface area (Å²) < 4.78 is 16.8. The number of furan rings is 1. The van der Waals surface area contributed by atoms with Crippen molar-refractivity contribution in [3.8, 4) is 5.75 Å². The molecule has 2 aromatic heterocycles. The lowest BCUT2D eigenvalue weighted by atomic mass is 10.1. The minimum atomic E-state index is -0.428. The van der Waals surface area contributed by atoms with Crippen LogP contribution < -0.4 is 10.1 Å². The van der Waals surface area contributed by atoms with E-state index >= 15 is 0 Å². The predicted octanol–water partition coefficient (Wildman–Crippen LogP) is 5.29. The molecule has 2 heterocycles. The van der Waals surface area contributed by atoms with Crippen molar-refractivity contribution >= 4 is 44.3 Å². The number of nitrogens with one attached hydrogen (secondary N) is 1. The highest BCUT2D eigenvalue weighted by Crippen LogP contribution is 2.34. The second kappa shape index (κ2) is 7.79. The van der Waals surface area contributed by atoms with E-state index in [1.54, 1.807) is 57.4 Å². The number of aromatic nitrogens is 1. The zero-order valence-electron chi connectivity index (χ0n) is 16.4. The number of nitrogens with zero attached hydrogens (tertiary/aromatic N) is 1. The number of ketones is 1. The number of carbonyl (C=O) groups is 2. The van der Waals surface area contributed by atoms with Gasteiger partial charge in [0.25, 0.3) is 5.91 Å². The lowest BCUT2D eigenvalue weighted by Gasteiger charge is -2.07. The molecule has 0 radical (unpaired) electrons. The van der Waals surface area contributed by atoms with Crippen LogP contribution >= 0.6 is 15.9 Å². The molecule has 1 amide bonds. The summed E-state index contributed by atoms with van der Waals surface area (Å²) in [5.74, 6) is 0.229. The monoisotopic (exact) mass is 468 g/mol. The number of para-hydroxylation sites is 1. The SMILES string of the molecule is COc1ccc(C(=O)c2oc3ccccc3c2NC(=O)c2c(C)noc2C)cc1Br. The summed E-state index contributed by atoms with van der Waals surface area (Å²) in [5.41, 5.74) is 1.96. The zero-order chi connectivity index (χ0) is 21.4. The van der Waals surface area contributed by atoms with Crippen molar-refractivity contribution in [3.05, 3.63) is 75.3 Å². The van der Waals surface area contributed by atoms with Crippen LogP contribution in [0, 0.1) is 13.8 Å². The number of hydrogen-bond acceptors (Lipinski definition) is 6. The van der Waals surface area contributed by atoms with Crippen LogP contribution in [0.5, 0.6) is 5.75 Å². The van der Waals surface area contributed by atoms with Crippen LogP contribution in [0.15, 0.2) is 55.9 Å². The molecule has 0 saturated carbocycles. The highest BCUT2D eigenvalue weighted by molar-refractivity contribution is 9.10. The maximum atomic E-state index is 13.3. The molecule has 0 saturated heterocycles. The van der Waals surface area contributed by atoms with Crippen molar-refractivity contribution < 1.29 is 23.3 Å². The first-order valence-corrected chi connectivity index (χ1v) is 9.84. The molecule has 4 rings (SSSR count). The van der Waals surface area contributed by atoms with E-state index in [1.165, 1.54) is 0 Å². The molecule has 2 aromatic carbocycles. The number of fused-ring (bicyclic) bond motifs is 1. The first-order chi connectivity index (χ1) is 14.4. The van der Waals surface area contributed by atoms with Gasteiger partial charge in [0, 0.05) is 10.9 Å². The number of aryl methyl sites for hydroxylation is 2. The van der Waals surface area contributed by atoms with Crippen LogP contribution in [0.3, 0.4) is 0 Å². The van der Waals surface area contributed by atoms with E-state index < -0.39 is 5.91 Å². The van der Waals surface area contributed by atoms with Gasteiger partial charge in [-0.05, 0) is 60.1 Å². The van der Waals surface area contributed by atoms with Gasteiger partial charge in [-0.1, -0.05) is 17.3 Å². The molecule has 0 unspecified atom stereocenters. The Labute approximate surface area is 180 Å². The Balaban J connectivity index is 1.80. The zero-order valence-corrected chi connectivity index (χ0v) is 18.0. The maximum absolute atomic E-state index is 13.3. The van der Waals surface area contributed by atoms with Gasteiger partial charge in [0.1, 0.15) is 22.7 Å². The number of amides is 1. The summed E-state index contributed by atoms with van der Waals surface area (Å²) in [6, 6.07) is 12.1. The first kappa shape index (κ1) is 19.9.